The van der Waals surface area contributed by atoms with Crippen LogP contribution >= 0.6 is 0 Å². The lowest BCUT2D eigenvalue weighted by molar-refractivity contribution is -0.116. The molecular formula is C22H26N2O2. The van der Waals surface area contributed by atoms with Crippen molar-refractivity contribution in [1.29, 1.82) is 0 Å². The number of aryl methyl sites for hydroxylation is 1. The van der Waals surface area contributed by atoms with Gasteiger partial charge in [0.05, 0.1) is 11.3 Å². The van der Waals surface area contributed by atoms with Gasteiger partial charge >= 0.3 is 0 Å². The van der Waals surface area contributed by atoms with Crippen LogP contribution in [0.3, 0.4) is 0 Å². The van der Waals surface area contributed by atoms with Gasteiger partial charge in [-0.1, -0.05) is 42.5 Å². The summed E-state index contributed by atoms with van der Waals surface area (Å²) >= 11 is 0. The zero-order valence-electron chi connectivity index (χ0n) is 15.1. The molecule has 0 radical (unpaired) electrons. The summed E-state index contributed by atoms with van der Waals surface area (Å²) in [6, 6.07) is 17.5. The molecule has 1 aliphatic rings. The first-order valence-electron chi connectivity index (χ1n) is 9.46. The first-order valence-corrected chi connectivity index (χ1v) is 9.46. The Kier molecular flexibility index (Phi) is 6.42. The van der Waals surface area contributed by atoms with Gasteiger partial charge in [-0.2, -0.15) is 0 Å². The summed E-state index contributed by atoms with van der Waals surface area (Å²) in [5, 5.41) is 2.93. The molecule has 2 amide bonds. The van der Waals surface area contributed by atoms with Crippen LogP contribution in [0.5, 0.6) is 0 Å². The molecule has 26 heavy (non-hydrogen) atoms. The van der Waals surface area contributed by atoms with Crippen LogP contribution in [0, 0.1) is 0 Å². The van der Waals surface area contributed by atoms with Crippen LogP contribution < -0.4 is 5.32 Å². The molecule has 4 heteroatoms. The Balaban J connectivity index is 1.57. The van der Waals surface area contributed by atoms with Crippen LogP contribution in [0.4, 0.5) is 5.69 Å². The van der Waals surface area contributed by atoms with Gasteiger partial charge in [0, 0.05) is 19.5 Å². The van der Waals surface area contributed by atoms with Crippen LogP contribution in [0.25, 0.3) is 0 Å². The van der Waals surface area contributed by atoms with Crippen LogP contribution in [0.15, 0.2) is 54.6 Å². The first kappa shape index (κ1) is 18.2. The van der Waals surface area contributed by atoms with Crippen LogP contribution in [-0.2, 0) is 11.2 Å². The highest BCUT2D eigenvalue weighted by atomic mass is 16.2. The van der Waals surface area contributed by atoms with Gasteiger partial charge in [-0.05, 0) is 49.8 Å². The Bertz CT molecular complexity index is 737. The summed E-state index contributed by atoms with van der Waals surface area (Å²) in [5.74, 6) is -0.0234. The maximum absolute atomic E-state index is 12.8. The number of para-hydroxylation sites is 1. The number of anilines is 1. The average Bonchev–Trinajstić information content (AvgIpc) is 2.69. The highest BCUT2D eigenvalue weighted by Gasteiger charge is 2.21. The normalized spacial score (nSPS) is 14.1. The minimum Gasteiger partial charge on any atom is -0.339 e. The second-order valence-electron chi connectivity index (χ2n) is 6.79. The number of nitrogens with zero attached hydrogens (tertiary/aromatic N) is 1. The van der Waals surface area contributed by atoms with Gasteiger partial charge in [0.2, 0.25) is 5.91 Å². The van der Waals surface area contributed by atoms with E-state index >= 15 is 0 Å². The number of hydrogen-bond acceptors (Lipinski definition) is 2. The molecule has 3 rings (SSSR count). The van der Waals surface area contributed by atoms with Gasteiger partial charge in [0.25, 0.3) is 5.91 Å². The van der Waals surface area contributed by atoms with Crippen molar-refractivity contribution in [2.24, 2.45) is 0 Å². The summed E-state index contributed by atoms with van der Waals surface area (Å²) in [7, 11) is 0. The van der Waals surface area contributed by atoms with E-state index < -0.39 is 0 Å². The van der Waals surface area contributed by atoms with Crippen molar-refractivity contribution in [3.8, 4) is 0 Å². The van der Waals surface area contributed by atoms with E-state index in [2.05, 4.69) is 17.4 Å². The molecular weight excluding hydrogens is 324 g/mol. The topological polar surface area (TPSA) is 49.4 Å². The predicted molar refractivity (Wildman–Crippen MR) is 104 cm³/mol. The fourth-order valence-electron chi connectivity index (χ4n) is 3.36. The van der Waals surface area contributed by atoms with E-state index in [9.17, 15) is 9.59 Å². The largest absolute Gasteiger partial charge is 0.339 e. The third kappa shape index (κ3) is 4.94. The third-order valence-corrected chi connectivity index (χ3v) is 4.79. The second-order valence-corrected chi connectivity index (χ2v) is 6.79. The summed E-state index contributed by atoms with van der Waals surface area (Å²) in [6.07, 6.45) is 5.41. The lowest BCUT2D eigenvalue weighted by Crippen LogP contribution is -2.36. The Morgan fingerprint density at radius 3 is 2.35 bits per heavy atom. The third-order valence-electron chi connectivity index (χ3n) is 4.79. The zero-order chi connectivity index (χ0) is 18.2. The Morgan fingerprint density at radius 1 is 0.885 bits per heavy atom. The molecule has 1 fully saturated rings. The van der Waals surface area contributed by atoms with Crippen molar-refractivity contribution in [3.05, 3.63) is 65.7 Å². The summed E-state index contributed by atoms with van der Waals surface area (Å²) in [4.78, 5) is 27.0. The summed E-state index contributed by atoms with van der Waals surface area (Å²) < 4.78 is 0. The Morgan fingerprint density at radius 2 is 1.58 bits per heavy atom. The lowest BCUT2D eigenvalue weighted by Gasteiger charge is -2.27. The number of carbonyl (C=O) groups excluding carboxylic acids is 2. The van der Waals surface area contributed by atoms with Crippen LogP contribution in [0.1, 0.15) is 48.0 Å². The molecule has 1 aliphatic heterocycles. The van der Waals surface area contributed by atoms with Crippen molar-refractivity contribution in [3.63, 3.8) is 0 Å². The molecule has 1 heterocycles. The minimum atomic E-state index is -0.0418. The minimum absolute atomic E-state index is 0.0184. The van der Waals surface area contributed by atoms with E-state index in [0.717, 1.165) is 38.8 Å². The molecule has 0 atom stereocenters. The van der Waals surface area contributed by atoms with Crippen LogP contribution in [0.2, 0.25) is 0 Å². The molecule has 0 saturated carbocycles. The smallest absolute Gasteiger partial charge is 0.255 e. The fourth-order valence-corrected chi connectivity index (χ4v) is 3.36. The van der Waals surface area contributed by atoms with Gasteiger partial charge in [-0.15, -0.1) is 0 Å². The molecule has 0 bridgehead atoms. The first-order chi connectivity index (χ1) is 12.7. The van der Waals surface area contributed by atoms with Gasteiger partial charge in [0.1, 0.15) is 0 Å². The molecule has 1 saturated heterocycles. The molecule has 1 N–H and O–H groups in total. The Hall–Kier alpha value is -2.62. The van der Waals surface area contributed by atoms with Crippen molar-refractivity contribution >= 4 is 17.5 Å². The number of rotatable bonds is 6. The highest BCUT2D eigenvalue weighted by molar-refractivity contribution is 6.03. The maximum Gasteiger partial charge on any atom is 0.255 e. The molecule has 136 valence electrons. The van der Waals surface area contributed by atoms with Crippen molar-refractivity contribution in [2.45, 2.75) is 38.5 Å². The fraction of sp³-hybridized carbons (Fsp3) is 0.364. The average molecular weight is 350 g/mol. The molecule has 4 nitrogen and oxygen atoms in total. The van der Waals surface area contributed by atoms with E-state index in [-0.39, 0.29) is 11.8 Å². The van der Waals surface area contributed by atoms with E-state index in [1.54, 1.807) is 6.07 Å². The zero-order valence-corrected chi connectivity index (χ0v) is 15.1. The standard InChI is InChI=1S/C22H26N2O2/c25-21(15-9-12-18-10-3-1-4-11-18)23-20-14-6-5-13-19(20)22(26)24-16-7-2-8-17-24/h1,3-6,10-11,13-14H,2,7-9,12,15-17H2,(H,23,25). The summed E-state index contributed by atoms with van der Waals surface area (Å²) in [5.41, 5.74) is 2.44. The van der Waals surface area contributed by atoms with Crippen LogP contribution in [-0.4, -0.2) is 29.8 Å². The lowest BCUT2D eigenvalue weighted by atomic mass is 10.1. The van der Waals surface area contributed by atoms with Gasteiger partial charge in [0.15, 0.2) is 0 Å². The van der Waals surface area contributed by atoms with Gasteiger partial charge in [-0.25, -0.2) is 0 Å². The molecule has 2 aromatic carbocycles. The predicted octanol–water partition coefficient (Wildman–Crippen LogP) is 4.27. The second kappa shape index (κ2) is 9.18. The molecule has 0 aromatic heterocycles. The molecule has 0 unspecified atom stereocenters. The quantitative estimate of drug-likeness (QED) is 0.845. The van der Waals surface area contributed by atoms with Gasteiger partial charge in [-0.3, -0.25) is 9.59 Å². The molecule has 0 spiro atoms. The number of carbonyl (C=O) groups is 2. The van der Waals surface area contributed by atoms with Crippen molar-refractivity contribution in [1.82, 2.24) is 4.90 Å². The van der Waals surface area contributed by atoms with E-state index in [1.165, 1.54) is 12.0 Å². The van der Waals surface area contributed by atoms with Crippen molar-refractivity contribution in [2.75, 3.05) is 18.4 Å². The van der Waals surface area contributed by atoms with Gasteiger partial charge < -0.3 is 10.2 Å². The number of nitrogens with one attached hydrogen (secondary N) is 1. The monoisotopic (exact) mass is 350 g/mol. The van der Waals surface area contributed by atoms with E-state index in [1.807, 2.05) is 41.3 Å². The number of likely N-dealkylation sites (tertiary alicyclic amines) is 1. The number of amides is 2. The molecule has 2 aromatic rings. The maximum atomic E-state index is 12.8. The van der Waals surface area contributed by atoms with E-state index in [0.29, 0.717) is 17.7 Å². The SMILES string of the molecule is O=C(CCCc1ccccc1)Nc1ccccc1C(=O)N1CCCCC1. The Labute approximate surface area is 155 Å². The number of hydrogen-bond donors (Lipinski definition) is 1. The highest BCUT2D eigenvalue weighted by Crippen LogP contribution is 2.20. The van der Waals surface area contributed by atoms with Crippen molar-refractivity contribution < 1.29 is 9.59 Å². The molecule has 0 aliphatic carbocycles. The number of benzene rings is 2. The number of piperidine rings is 1. The van der Waals surface area contributed by atoms with E-state index in [4.69, 9.17) is 0 Å². The summed E-state index contributed by atoms with van der Waals surface area (Å²) in [6.45, 7) is 1.61.